The third kappa shape index (κ3) is 14.7. The van der Waals surface area contributed by atoms with Crippen LogP contribution in [0.2, 0.25) is 0 Å². The first kappa shape index (κ1) is 59.4. The monoisotopic (exact) mass is 1070 g/mol. The highest BCUT2D eigenvalue weighted by Crippen LogP contribution is 2.52. The summed E-state index contributed by atoms with van der Waals surface area (Å²) in [6, 6.07) is 9.85. The van der Waals surface area contributed by atoms with E-state index in [-0.39, 0.29) is 65.7 Å². The zero-order valence-corrected chi connectivity index (χ0v) is 41.9. The van der Waals surface area contributed by atoms with Gasteiger partial charge in [0, 0.05) is 85.5 Å². The number of ketones is 3. The third-order valence-electron chi connectivity index (χ3n) is 13.3. The van der Waals surface area contributed by atoms with E-state index in [1.165, 1.54) is 42.8 Å². The summed E-state index contributed by atoms with van der Waals surface area (Å²) in [6.07, 6.45) is -4.28. The molecule has 76 heavy (non-hydrogen) atoms. The number of nitrogens with one attached hydrogen (secondary N) is 2. The van der Waals surface area contributed by atoms with Crippen LogP contribution in [0.25, 0.3) is 0 Å². The van der Waals surface area contributed by atoms with Gasteiger partial charge in [0.05, 0.1) is 62.2 Å². The average molecular weight is 1070 g/mol. The Kier molecular flexibility index (Phi) is 19.9. The van der Waals surface area contributed by atoms with Crippen molar-refractivity contribution in [1.29, 1.82) is 0 Å². The number of benzene rings is 3. The van der Waals surface area contributed by atoms with Crippen LogP contribution in [0.5, 0.6) is 11.5 Å². The molecule has 0 spiro atoms. The van der Waals surface area contributed by atoms with Crippen LogP contribution in [0.15, 0.2) is 48.5 Å². The van der Waals surface area contributed by atoms with Crippen molar-refractivity contribution in [2.75, 3.05) is 58.2 Å². The number of aliphatic hydroxyl groups excluding tert-OH is 1. The Morgan fingerprint density at radius 1 is 0.789 bits per heavy atom. The first-order valence-electron chi connectivity index (χ1n) is 23.8. The van der Waals surface area contributed by atoms with Crippen molar-refractivity contribution >= 4 is 58.9 Å². The lowest BCUT2D eigenvalue weighted by Crippen LogP contribution is -2.53. The molecule has 2 amide bonds. The molecule has 26 nitrogen and oxygen atoms in total. The minimum atomic E-state index is -1.97. The van der Waals surface area contributed by atoms with Crippen LogP contribution in [0.4, 0.5) is 10.5 Å². The van der Waals surface area contributed by atoms with E-state index < -0.39 is 152 Å². The average Bonchev–Trinajstić information content (AvgIpc) is 3.33. The van der Waals surface area contributed by atoms with Gasteiger partial charge in [0.2, 0.25) is 0 Å². The first-order valence-corrected chi connectivity index (χ1v) is 23.8. The minimum Gasteiger partial charge on any atom is -0.507 e. The molecule has 1 saturated heterocycles. The van der Waals surface area contributed by atoms with E-state index in [1.54, 1.807) is 43.3 Å². The maximum absolute atomic E-state index is 13.3. The number of carbonyl (C=O) groups excluding carboxylic acids is 4. The Morgan fingerprint density at radius 2 is 1.30 bits per heavy atom. The molecule has 1 heterocycles. The highest BCUT2D eigenvalue weighted by molar-refractivity contribution is 6.30. The predicted molar refractivity (Wildman–Crippen MR) is 263 cm³/mol. The van der Waals surface area contributed by atoms with Gasteiger partial charge in [0.15, 0.2) is 23.6 Å². The lowest BCUT2D eigenvalue weighted by atomic mass is 9.72. The number of hydrogen-bond donors (Lipinski definition) is 12. The molecule has 13 N–H and O–H groups in total. The number of Topliss-reactive ketones (excluding diaryl/α,β-unsaturated/α-hetero) is 1. The molecule has 1 fully saturated rings. The van der Waals surface area contributed by atoms with Crippen LogP contribution < -0.4 is 16.4 Å². The molecule has 26 heteroatoms. The fraction of sp³-hybridized carbons (Fsp3) is 0.460. The molecular formula is C50H62N6O20. The van der Waals surface area contributed by atoms with Crippen molar-refractivity contribution in [3.8, 4) is 11.5 Å². The lowest BCUT2D eigenvalue weighted by molar-refractivity contribution is -0.247. The van der Waals surface area contributed by atoms with Gasteiger partial charge in [0.1, 0.15) is 17.1 Å². The van der Waals surface area contributed by atoms with E-state index in [9.17, 15) is 89.1 Å². The maximum Gasteiger partial charge on any atom is 0.318 e. The summed E-state index contributed by atoms with van der Waals surface area (Å²) in [5.41, 5.74) is 4.48. The second-order valence-corrected chi connectivity index (χ2v) is 18.9. The number of aliphatic hydroxyl groups is 2. The summed E-state index contributed by atoms with van der Waals surface area (Å²) in [5.74, 6) is -9.47. The highest BCUT2D eigenvalue weighted by atomic mass is 16.7. The number of aliphatic carboxylic acids is 5. The number of phenolic OH excluding ortho intramolecular Hbond substituents is 2. The third-order valence-corrected chi connectivity index (χ3v) is 13.3. The normalized spacial score (nSPS) is 21.5. The molecule has 3 aromatic rings. The minimum absolute atomic E-state index is 0.00588. The van der Waals surface area contributed by atoms with E-state index in [0.717, 1.165) is 4.90 Å². The highest BCUT2D eigenvalue weighted by Gasteiger charge is 2.49. The SMILES string of the molecule is CC(=O)[C@]1(O)Cc2c(O)c3c(c(O)c2[C@@H](O[C@H]2C[C@H](N)[C@H](O)[C@H](C)O2)C1)C(=O)c1ccccc1C3=O.CNC(=O)Nc1ccc(CC(CN(CC(=O)O)CC(C)N(CC(=O)O)CC(=O)O)N(CC(=O)O)CC(=O)O)cc1. The molecule has 2 aliphatic carbocycles. The van der Waals surface area contributed by atoms with Crippen LogP contribution in [-0.2, 0) is 51.1 Å². The molecule has 412 valence electrons. The maximum atomic E-state index is 13.3. The molecule has 0 radical (unpaired) electrons. The fourth-order valence-electron chi connectivity index (χ4n) is 9.48. The van der Waals surface area contributed by atoms with Gasteiger partial charge in [-0.1, -0.05) is 36.4 Å². The number of ether oxygens (including phenoxy) is 2. The topological polar surface area (TPSA) is 414 Å². The molecule has 0 saturated carbocycles. The largest absolute Gasteiger partial charge is 0.507 e. The van der Waals surface area contributed by atoms with Gasteiger partial charge in [-0.05, 0) is 44.9 Å². The standard InChI is InChI=1S/C26H27NO9.C24H35N5O11/c1-10-21(29)15(27)7-17(35-10)36-16-9-26(34,11(2)28)8-14-18(16)25(33)20-19(24(14)32)22(30)12-5-3-4-6-13(12)23(20)31;1-15(28(11-20(32)33)12-21(34)35)8-27(10-19(30)31)9-18(29(13-22(36)37)14-23(38)39)7-16-3-5-17(6-4-16)26-24(40)25-2/h3-6,10,15-17,21,29,32-34H,7-9,27H2,1-2H3;3-6,15,18H,7-14H2,1-2H3,(H,30,31)(H,32,33)(H,34,35)(H,36,37)(H,38,39)(H2,25,26,40)/t10-,15-,16-,17-,21+,26-;/m0./s1. The number of aromatic hydroxyl groups is 2. The molecule has 8 atom stereocenters. The number of nitrogens with zero attached hydrogens (tertiary/aromatic N) is 3. The molecule has 2 unspecified atom stereocenters. The van der Waals surface area contributed by atoms with E-state index in [2.05, 4.69) is 10.6 Å². The van der Waals surface area contributed by atoms with Gasteiger partial charge in [-0.2, -0.15) is 0 Å². The van der Waals surface area contributed by atoms with E-state index in [4.69, 9.17) is 15.2 Å². The second-order valence-electron chi connectivity index (χ2n) is 18.9. The number of anilines is 1. The Labute approximate surface area is 434 Å². The fourth-order valence-corrected chi connectivity index (χ4v) is 9.48. The first-order chi connectivity index (χ1) is 35.6. The van der Waals surface area contributed by atoms with Crippen LogP contribution in [0, 0.1) is 0 Å². The number of amides is 2. The summed E-state index contributed by atoms with van der Waals surface area (Å²) < 4.78 is 11.8. The smallest absolute Gasteiger partial charge is 0.318 e. The van der Waals surface area contributed by atoms with Crippen LogP contribution >= 0.6 is 0 Å². The number of carboxylic acids is 5. The number of fused-ring (bicyclic) bond motifs is 3. The zero-order chi connectivity index (χ0) is 56.5. The Morgan fingerprint density at radius 3 is 1.79 bits per heavy atom. The Bertz CT molecular complexity index is 2680. The second kappa shape index (κ2) is 25.4. The summed E-state index contributed by atoms with van der Waals surface area (Å²) in [4.78, 5) is 112. The van der Waals surface area contributed by atoms with Crippen LogP contribution in [0.1, 0.15) is 88.3 Å². The summed E-state index contributed by atoms with van der Waals surface area (Å²) in [5, 5.41) is 95.5. The number of hydrogen-bond acceptors (Lipinski definition) is 19. The number of urea groups is 1. The van der Waals surface area contributed by atoms with Crippen LogP contribution in [0.3, 0.4) is 0 Å². The number of carbonyl (C=O) groups is 9. The van der Waals surface area contributed by atoms with Crippen molar-refractivity contribution < 1.29 is 98.6 Å². The van der Waals surface area contributed by atoms with Crippen molar-refractivity contribution in [3.63, 3.8) is 0 Å². The summed E-state index contributed by atoms with van der Waals surface area (Å²) >= 11 is 0. The lowest BCUT2D eigenvalue weighted by Gasteiger charge is -2.42. The van der Waals surface area contributed by atoms with Gasteiger partial charge >= 0.3 is 35.9 Å². The van der Waals surface area contributed by atoms with E-state index in [1.807, 2.05) is 0 Å². The van der Waals surface area contributed by atoms with Crippen molar-refractivity contribution in [2.24, 2.45) is 5.73 Å². The van der Waals surface area contributed by atoms with E-state index >= 15 is 0 Å². The molecule has 3 aliphatic rings. The number of phenols is 2. The number of nitrogens with two attached hydrogens (primary N) is 1. The molecule has 1 aliphatic heterocycles. The predicted octanol–water partition coefficient (Wildman–Crippen LogP) is 0.0868. The summed E-state index contributed by atoms with van der Waals surface area (Å²) in [7, 11) is 1.44. The summed E-state index contributed by atoms with van der Waals surface area (Å²) in [6.45, 7) is 0.988. The van der Waals surface area contributed by atoms with Crippen molar-refractivity contribution in [1.82, 2.24) is 20.0 Å². The van der Waals surface area contributed by atoms with Crippen LogP contribution in [-0.4, -0.2) is 209 Å². The molecular weight excluding hydrogens is 1000 g/mol. The molecule has 0 bridgehead atoms. The molecule has 0 aromatic heterocycles. The zero-order valence-electron chi connectivity index (χ0n) is 41.9. The number of carboxylic acid groups (broad SMARTS) is 5. The van der Waals surface area contributed by atoms with Gasteiger partial charge in [-0.25, -0.2) is 4.79 Å². The number of rotatable bonds is 22. The Hall–Kier alpha value is -7.43. The van der Waals surface area contributed by atoms with Crippen molar-refractivity contribution in [3.05, 3.63) is 87.5 Å². The van der Waals surface area contributed by atoms with Gasteiger partial charge in [-0.3, -0.25) is 53.1 Å². The quantitative estimate of drug-likeness (QED) is 0.0464. The Balaban J connectivity index is 0.000000281. The van der Waals surface area contributed by atoms with Crippen molar-refractivity contribution in [2.45, 2.75) is 94.8 Å². The van der Waals surface area contributed by atoms with Gasteiger partial charge < -0.3 is 71.8 Å². The molecule has 6 rings (SSSR count). The van der Waals surface area contributed by atoms with E-state index in [0.29, 0.717) is 11.3 Å². The van der Waals surface area contributed by atoms with Gasteiger partial charge in [-0.15, -0.1) is 0 Å². The van der Waals surface area contributed by atoms with Gasteiger partial charge in [0.25, 0.3) is 0 Å². The molecule has 3 aromatic carbocycles.